The third-order valence-electron chi connectivity index (χ3n) is 6.53. The van der Waals surface area contributed by atoms with Crippen molar-refractivity contribution < 1.29 is 27.1 Å². The van der Waals surface area contributed by atoms with Gasteiger partial charge in [0.1, 0.15) is 23.3 Å². The number of anilines is 1. The molecule has 5 rings (SSSR count). The van der Waals surface area contributed by atoms with Crippen LogP contribution in [0.15, 0.2) is 59.7 Å². The third kappa shape index (κ3) is 8.34. The second kappa shape index (κ2) is 13.9. The lowest BCUT2D eigenvalue weighted by atomic mass is 10.0. The Hall–Kier alpha value is -4.87. The van der Waals surface area contributed by atoms with Crippen LogP contribution >= 0.6 is 0 Å². The molecule has 14 heteroatoms. The Balaban J connectivity index is 1.03. The monoisotopic (exact) mass is 594 g/mol. The molecule has 0 spiro atoms. The van der Waals surface area contributed by atoms with Gasteiger partial charge in [0, 0.05) is 42.8 Å². The van der Waals surface area contributed by atoms with Crippen molar-refractivity contribution in [2.24, 2.45) is 0 Å². The van der Waals surface area contributed by atoms with E-state index < -0.39 is 6.36 Å². The largest absolute Gasteiger partial charge is 0.573 e. The zero-order valence-corrected chi connectivity index (χ0v) is 23.0. The van der Waals surface area contributed by atoms with Crippen LogP contribution in [0.3, 0.4) is 0 Å². The van der Waals surface area contributed by atoms with Gasteiger partial charge in [0.05, 0.1) is 30.7 Å². The fourth-order valence-corrected chi connectivity index (χ4v) is 4.65. The molecule has 0 radical (unpaired) electrons. The van der Waals surface area contributed by atoms with Crippen molar-refractivity contribution in [1.82, 2.24) is 30.7 Å². The molecule has 0 aliphatic heterocycles. The van der Waals surface area contributed by atoms with E-state index in [-0.39, 0.29) is 5.75 Å². The summed E-state index contributed by atoms with van der Waals surface area (Å²) in [6, 6.07) is 10.5. The second-order valence-corrected chi connectivity index (χ2v) is 9.73. The minimum atomic E-state index is -4.77. The minimum absolute atomic E-state index is 0.267. The lowest BCUT2D eigenvalue weighted by molar-refractivity contribution is -0.274. The first-order chi connectivity index (χ1) is 20.9. The number of nitriles is 1. The highest BCUT2D eigenvalue weighted by Gasteiger charge is 2.31. The number of aromatic amines is 2. The fourth-order valence-electron chi connectivity index (χ4n) is 4.65. The van der Waals surface area contributed by atoms with Gasteiger partial charge in [-0.2, -0.15) is 15.5 Å². The van der Waals surface area contributed by atoms with Crippen LogP contribution in [0.1, 0.15) is 35.4 Å². The van der Waals surface area contributed by atoms with Gasteiger partial charge in [-0.05, 0) is 60.3 Å². The highest BCUT2D eigenvalue weighted by atomic mass is 19.4. The van der Waals surface area contributed by atoms with Gasteiger partial charge < -0.3 is 24.5 Å². The number of rotatable bonds is 15. The van der Waals surface area contributed by atoms with E-state index >= 15 is 0 Å². The molecule has 4 N–H and O–H groups in total. The lowest BCUT2D eigenvalue weighted by Crippen LogP contribution is -2.18. The van der Waals surface area contributed by atoms with Crippen molar-refractivity contribution in [2.75, 3.05) is 31.6 Å². The Morgan fingerprint density at radius 3 is 2.63 bits per heavy atom. The summed E-state index contributed by atoms with van der Waals surface area (Å²) in [6.07, 6.45) is 3.35. The molecule has 0 aliphatic rings. The van der Waals surface area contributed by atoms with Gasteiger partial charge in [0.25, 0.3) is 0 Å². The molecule has 0 unspecified atom stereocenters. The van der Waals surface area contributed by atoms with Crippen molar-refractivity contribution in [3.63, 3.8) is 0 Å². The number of H-pyrrole nitrogens is 2. The molecule has 0 saturated heterocycles. The van der Waals surface area contributed by atoms with Crippen LogP contribution in [0.25, 0.3) is 22.0 Å². The second-order valence-electron chi connectivity index (χ2n) is 9.73. The van der Waals surface area contributed by atoms with E-state index in [0.717, 1.165) is 35.0 Å². The van der Waals surface area contributed by atoms with E-state index in [1.165, 1.54) is 24.7 Å². The maximum Gasteiger partial charge on any atom is 0.573 e. The Kier molecular flexibility index (Phi) is 9.55. The maximum atomic E-state index is 12.8. The predicted octanol–water partition coefficient (Wildman–Crippen LogP) is 5.30. The Labute approximate surface area is 244 Å². The molecule has 224 valence electrons. The van der Waals surface area contributed by atoms with Gasteiger partial charge in [-0.3, -0.25) is 10.2 Å². The zero-order valence-electron chi connectivity index (χ0n) is 23.0. The van der Waals surface area contributed by atoms with E-state index in [1.54, 1.807) is 12.4 Å². The average molecular weight is 595 g/mol. The molecular formula is C29H29F3N8O3. The molecule has 0 bridgehead atoms. The molecule has 43 heavy (non-hydrogen) atoms. The standard InChI is InChI=1S/C29H29F3N8O3/c30-29(31,32)43-22-8-19(9-23-15-35-18-42-23)7-20(10-22)14-34-3-1-2-5-41-6-4-36-26-11-21(12-27-25(26)17-38-39-27)24-16-37-40-28(24)13-33/h7-8,10-12,15-18,34,36H,1-6,9,14H2,(H,37,40)(H,38,39). The Morgan fingerprint density at radius 2 is 1.81 bits per heavy atom. The summed E-state index contributed by atoms with van der Waals surface area (Å²) >= 11 is 0. The highest BCUT2D eigenvalue weighted by Crippen LogP contribution is 2.31. The quantitative estimate of drug-likeness (QED) is 0.118. The Bertz CT molecular complexity index is 1660. The van der Waals surface area contributed by atoms with Gasteiger partial charge >= 0.3 is 6.36 Å². The topological polar surface area (TPSA) is 150 Å². The van der Waals surface area contributed by atoms with Crippen LogP contribution < -0.4 is 15.4 Å². The SMILES string of the molecule is N#Cc1[nH]ncc1-c1cc(NCCOCCCCNCc2cc(Cc3cnco3)cc(OC(F)(F)F)c2)c2cn[nH]c2c1. The molecule has 0 atom stereocenters. The van der Waals surface area contributed by atoms with Crippen LogP contribution in [-0.4, -0.2) is 58.0 Å². The number of oxazole rings is 1. The van der Waals surface area contributed by atoms with Gasteiger partial charge in [-0.15, -0.1) is 13.2 Å². The van der Waals surface area contributed by atoms with E-state index in [0.29, 0.717) is 67.4 Å². The molecular weight excluding hydrogens is 565 g/mol. The van der Waals surface area contributed by atoms with Gasteiger partial charge in [0.15, 0.2) is 6.39 Å². The normalized spacial score (nSPS) is 11.6. The highest BCUT2D eigenvalue weighted by molar-refractivity contribution is 5.95. The van der Waals surface area contributed by atoms with E-state index in [2.05, 4.69) is 46.8 Å². The van der Waals surface area contributed by atoms with Crippen LogP contribution in [0.4, 0.5) is 18.9 Å². The summed E-state index contributed by atoms with van der Waals surface area (Å²) in [4.78, 5) is 3.84. The summed E-state index contributed by atoms with van der Waals surface area (Å²) in [5, 5.41) is 30.7. The molecule has 3 aromatic heterocycles. The summed E-state index contributed by atoms with van der Waals surface area (Å²) in [5.74, 6) is 0.280. The molecule has 0 saturated carbocycles. The van der Waals surface area contributed by atoms with Crippen molar-refractivity contribution in [3.05, 3.63) is 77.9 Å². The van der Waals surface area contributed by atoms with Gasteiger partial charge in [0.2, 0.25) is 0 Å². The number of alkyl halides is 3. The summed E-state index contributed by atoms with van der Waals surface area (Å²) in [6.45, 7) is 2.70. The fraction of sp³-hybridized carbons (Fsp3) is 0.310. The number of ether oxygens (including phenoxy) is 2. The number of unbranched alkanes of at least 4 members (excludes halogenated alkanes) is 1. The predicted molar refractivity (Wildman–Crippen MR) is 151 cm³/mol. The van der Waals surface area contributed by atoms with E-state index in [1.807, 2.05) is 18.2 Å². The van der Waals surface area contributed by atoms with Crippen LogP contribution in [0.2, 0.25) is 0 Å². The van der Waals surface area contributed by atoms with Gasteiger partial charge in [-0.25, -0.2) is 4.98 Å². The number of halogens is 3. The minimum Gasteiger partial charge on any atom is -0.448 e. The first-order valence-corrected chi connectivity index (χ1v) is 13.6. The first-order valence-electron chi connectivity index (χ1n) is 13.6. The van der Waals surface area contributed by atoms with Crippen LogP contribution in [-0.2, 0) is 17.7 Å². The van der Waals surface area contributed by atoms with Crippen molar-refractivity contribution in [3.8, 4) is 22.9 Å². The molecule has 0 fully saturated rings. The van der Waals surface area contributed by atoms with Crippen LogP contribution in [0, 0.1) is 11.3 Å². The summed E-state index contributed by atoms with van der Waals surface area (Å²) in [7, 11) is 0. The summed E-state index contributed by atoms with van der Waals surface area (Å²) in [5.41, 5.74) is 4.94. The number of fused-ring (bicyclic) bond motifs is 1. The lowest BCUT2D eigenvalue weighted by Gasteiger charge is -2.13. The van der Waals surface area contributed by atoms with E-state index in [9.17, 15) is 18.4 Å². The molecule has 11 nitrogen and oxygen atoms in total. The number of hydrogen-bond acceptors (Lipinski definition) is 9. The van der Waals surface area contributed by atoms with Crippen LogP contribution in [0.5, 0.6) is 5.75 Å². The number of hydrogen-bond donors (Lipinski definition) is 4. The van der Waals surface area contributed by atoms with Crippen molar-refractivity contribution in [2.45, 2.75) is 32.2 Å². The summed E-state index contributed by atoms with van der Waals surface area (Å²) < 4.78 is 53.6. The van der Waals surface area contributed by atoms with Crippen molar-refractivity contribution >= 4 is 16.6 Å². The maximum absolute atomic E-state index is 12.8. The average Bonchev–Trinajstić information content (AvgIpc) is 3.75. The number of nitrogens with one attached hydrogen (secondary N) is 4. The number of nitrogens with zero attached hydrogens (tertiary/aromatic N) is 4. The van der Waals surface area contributed by atoms with Crippen molar-refractivity contribution in [1.29, 1.82) is 5.26 Å². The molecule has 3 heterocycles. The van der Waals surface area contributed by atoms with E-state index in [4.69, 9.17) is 9.15 Å². The Morgan fingerprint density at radius 1 is 0.953 bits per heavy atom. The number of benzene rings is 2. The smallest absolute Gasteiger partial charge is 0.448 e. The first kappa shape index (κ1) is 29.6. The molecule has 5 aromatic rings. The molecule has 0 amide bonds. The molecule has 0 aliphatic carbocycles. The number of aromatic nitrogens is 5. The van der Waals surface area contributed by atoms with Gasteiger partial charge in [-0.1, -0.05) is 6.07 Å². The molecule has 2 aromatic carbocycles. The zero-order chi connectivity index (χ0) is 30.1. The third-order valence-corrected chi connectivity index (χ3v) is 6.53.